The molecule has 35 heavy (non-hydrogen) atoms. The molecule has 1 amide bonds. The first-order valence-electron chi connectivity index (χ1n) is 10.6. The summed E-state index contributed by atoms with van der Waals surface area (Å²) in [6.07, 6.45) is 0. The van der Waals surface area contributed by atoms with Crippen LogP contribution in [0, 0.1) is 0 Å². The fraction of sp³-hybridized carbons (Fsp3) is 0.0800. The van der Waals surface area contributed by atoms with Gasteiger partial charge in [-0.1, -0.05) is 65.9 Å². The normalized spacial score (nSPS) is 11.0. The Bertz CT molecular complexity index is 1450. The second kappa shape index (κ2) is 10.5. The number of sulfonamides is 1. The first-order chi connectivity index (χ1) is 16.9. The van der Waals surface area contributed by atoms with Crippen molar-refractivity contribution in [3.05, 3.63) is 95.4 Å². The van der Waals surface area contributed by atoms with E-state index in [1.54, 1.807) is 43.3 Å². The number of hydrogen-bond donors (Lipinski definition) is 2. The molecule has 0 spiro atoms. The molecule has 1 aromatic heterocycles. The Morgan fingerprint density at radius 2 is 1.63 bits per heavy atom. The molecule has 0 radical (unpaired) electrons. The van der Waals surface area contributed by atoms with Crippen molar-refractivity contribution < 1.29 is 22.7 Å². The maximum absolute atomic E-state index is 12.9. The van der Waals surface area contributed by atoms with E-state index in [1.165, 1.54) is 18.2 Å². The summed E-state index contributed by atoms with van der Waals surface area (Å²) in [5.41, 5.74) is 1.57. The number of carbonyl (C=O) groups is 2. The molecule has 0 saturated heterocycles. The largest absolute Gasteiger partial charge is 0.462 e. The molecule has 0 atom stereocenters. The van der Waals surface area contributed by atoms with Crippen LogP contribution in [0.5, 0.6) is 0 Å². The number of amides is 1. The lowest BCUT2D eigenvalue weighted by Gasteiger charge is -2.09. The lowest BCUT2D eigenvalue weighted by Crippen LogP contribution is -2.15. The Labute approximate surface area is 206 Å². The molecule has 8 nitrogen and oxygen atoms in total. The van der Waals surface area contributed by atoms with Crippen molar-refractivity contribution in [2.24, 2.45) is 0 Å². The molecule has 0 aliphatic carbocycles. The molecular formula is C25H21N3O5S2. The fourth-order valence-electron chi connectivity index (χ4n) is 3.21. The van der Waals surface area contributed by atoms with Crippen molar-refractivity contribution in [2.75, 3.05) is 16.6 Å². The number of anilines is 2. The van der Waals surface area contributed by atoms with E-state index < -0.39 is 21.9 Å². The summed E-state index contributed by atoms with van der Waals surface area (Å²) in [6.45, 7) is 1.92. The van der Waals surface area contributed by atoms with Gasteiger partial charge in [0.25, 0.3) is 15.9 Å². The maximum atomic E-state index is 12.9. The minimum absolute atomic E-state index is 0.109. The number of hydrogen-bond acceptors (Lipinski definition) is 7. The molecule has 0 saturated carbocycles. The van der Waals surface area contributed by atoms with Crippen LogP contribution in [0.4, 0.5) is 10.8 Å². The zero-order chi connectivity index (χ0) is 24.8. The number of nitrogens with zero attached hydrogens (tertiary/aromatic N) is 1. The van der Waals surface area contributed by atoms with Gasteiger partial charge in [0, 0.05) is 16.8 Å². The summed E-state index contributed by atoms with van der Waals surface area (Å²) < 4.78 is 32.8. The third-order valence-corrected chi connectivity index (χ3v) is 7.13. The van der Waals surface area contributed by atoms with E-state index in [0.29, 0.717) is 11.3 Å². The van der Waals surface area contributed by atoms with Crippen molar-refractivity contribution in [1.82, 2.24) is 4.98 Å². The molecule has 3 aromatic carbocycles. The molecule has 2 N–H and O–H groups in total. The van der Waals surface area contributed by atoms with Crippen LogP contribution < -0.4 is 10.0 Å². The van der Waals surface area contributed by atoms with Gasteiger partial charge in [0.1, 0.15) is 4.88 Å². The molecule has 4 rings (SSSR count). The van der Waals surface area contributed by atoms with Gasteiger partial charge >= 0.3 is 5.97 Å². The number of esters is 1. The molecule has 0 aliphatic heterocycles. The molecule has 0 unspecified atom stereocenters. The van der Waals surface area contributed by atoms with E-state index in [-0.39, 0.29) is 32.8 Å². The van der Waals surface area contributed by atoms with E-state index in [2.05, 4.69) is 15.0 Å². The van der Waals surface area contributed by atoms with Crippen LogP contribution in [0.25, 0.3) is 11.3 Å². The van der Waals surface area contributed by atoms with Crippen LogP contribution in [0.15, 0.2) is 89.8 Å². The van der Waals surface area contributed by atoms with Gasteiger partial charge in [0.2, 0.25) is 0 Å². The number of carbonyl (C=O) groups excluding carboxylic acids is 2. The first kappa shape index (κ1) is 24.1. The smallest absolute Gasteiger partial charge is 0.350 e. The van der Waals surface area contributed by atoms with E-state index >= 15 is 0 Å². The molecule has 1 heterocycles. The van der Waals surface area contributed by atoms with Crippen LogP contribution in [-0.4, -0.2) is 31.9 Å². The molecule has 10 heteroatoms. The minimum atomic E-state index is -3.81. The van der Waals surface area contributed by atoms with Gasteiger partial charge in [-0.15, -0.1) is 0 Å². The number of ether oxygens (including phenoxy) is 1. The van der Waals surface area contributed by atoms with Gasteiger partial charge in [-0.05, 0) is 37.3 Å². The summed E-state index contributed by atoms with van der Waals surface area (Å²) in [4.78, 5) is 30.2. The van der Waals surface area contributed by atoms with Gasteiger partial charge in [-0.2, -0.15) is 0 Å². The first-order valence-corrected chi connectivity index (χ1v) is 12.9. The number of benzene rings is 3. The van der Waals surface area contributed by atoms with Gasteiger partial charge < -0.3 is 4.74 Å². The van der Waals surface area contributed by atoms with E-state index in [0.717, 1.165) is 11.3 Å². The minimum Gasteiger partial charge on any atom is -0.462 e. The molecule has 0 fully saturated rings. The summed E-state index contributed by atoms with van der Waals surface area (Å²) in [7, 11) is -3.81. The van der Waals surface area contributed by atoms with Gasteiger partial charge in [-0.3, -0.25) is 14.8 Å². The van der Waals surface area contributed by atoms with Crippen LogP contribution in [0.3, 0.4) is 0 Å². The third kappa shape index (κ3) is 5.73. The van der Waals surface area contributed by atoms with Gasteiger partial charge in [0.05, 0.1) is 17.2 Å². The van der Waals surface area contributed by atoms with Crippen LogP contribution in [0.1, 0.15) is 27.0 Å². The number of aromatic nitrogens is 1. The lowest BCUT2D eigenvalue weighted by molar-refractivity contribution is 0.0532. The zero-order valence-corrected chi connectivity index (χ0v) is 20.2. The molecule has 0 bridgehead atoms. The van der Waals surface area contributed by atoms with Crippen molar-refractivity contribution in [1.29, 1.82) is 0 Å². The maximum Gasteiger partial charge on any atom is 0.350 e. The Morgan fingerprint density at radius 3 is 2.31 bits per heavy atom. The quantitative estimate of drug-likeness (QED) is 0.323. The Balaban J connectivity index is 1.57. The fourth-order valence-corrected chi connectivity index (χ4v) is 5.15. The monoisotopic (exact) mass is 507 g/mol. The zero-order valence-electron chi connectivity index (χ0n) is 18.6. The predicted octanol–water partition coefficient (Wildman–Crippen LogP) is 5.04. The highest BCUT2D eigenvalue weighted by atomic mass is 32.2. The molecule has 4 aromatic rings. The van der Waals surface area contributed by atoms with Crippen LogP contribution >= 0.6 is 11.3 Å². The average molecular weight is 508 g/mol. The SMILES string of the molecule is CCOC(=O)c1sc(NC(=O)c2cccc(NS(=O)(=O)c3ccccc3)c2)nc1-c1ccccc1. The Hall–Kier alpha value is -4.02. The van der Waals surface area contributed by atoms with Crippen molar-refractivity contribution in [3.63, 3.8) is 0 Å². The summed E-state index contributed by atoms with van der Waals surface area (Å²) >= 11 is 1.01. The van der Waals surface area contributed by atoms with Crippen molar-refractivity contribution >= 4 is 44.1 Å². The van der Waals surface area contributed by atoms with E-state index in [1.807, 2.05) is 30.3 Å². The third-order valence-electron chi connectivity index (χ3n) is 4.79. The highest BCUT2D eigenvalue weighted by Gasteiger charge is 2.22. The predicted molar refractivity (Wildman–Crippen MR) is 135 cm³/mol. The number of rotatable bonds is 8. The van der Waals surface area contributed by atoms with Crippen LogP contribution in [0.2, 0.25) is 0 Å². The second-order valence-corrected chi connectivity index (χ2v) is 9.92. The van der Waals surface area contributed by atoms with Crippen molar-refractivity contribution in [2.45, 2.75) is 11.8 Å². The average Bonchev–Trinajstić information content (AvgIpc) is 3.29. The summed E-state index contributed by atoms with van der Waals surface area (Å²) in [5, 5.41) is 2.91. The summed E-state index contributed by atoms with van der Waals surface area (Å²) in [6, 6.07) is 23.1. The second-order valence-electron chi connectivity index (χ2n) is 7.24. The molecule has 0 aliphatic rings. The number of thiazole rings is 1. The standard InChI is InChI=1S/C25H21N3O5S2/c1-2-33-24(30)22-21(17-10-5-3-6-11-17)26-25(34-22)27-23(29)18-12-9-13-19(16-18)28-35(31,32)20-14-7-4-8-15-20/h3-16,28H,2H2,1H3,(H,26,27,29). The Kier molecular flexibility index (Phi) is 7.23. The molecule has 178 valence electrons. The molecular weight excluding hydrogens is 486 g/mol. The highest BCUT2D eigenvalue weighted by Crippen LogP contribution is 2.32. The Morgan fingerprint density at radius 1 is 0.943 bits per heavy atom. The van der Waals surface area contributed by atoms with Gasteiger partial charge in [-0.25, -0.2) is 18.2 Å². The van der Waals surface area contributed by atoms with E-state index in [9.17, 15) is 18.0 Å². The number of nitrogens with one attached hydrogen (secondary N) is 2. The van der Waals surface area contributed by atoms with E-state index in [4.69, 9.17) is 4.74 Å². The summed E-state index contributed by atoms with van der Waals surface area (Å²) in [5.74, 6) is -1.03. The lowest BCUT2D eigenvalue weighted by atomic mass is 10.1. The van der Waals surface area contributed by atoms with Gasteiger partial charge in [0.15, 0.2) is 5.13 Å². The van der Waals surface area contributed by atoms with Crippen LogP contribution in [-0.2, 0) is 14.8 Å². The topological polar surface area (TPSA) is 114 Å². The van der Waals surface area contributed by atoms with Crippen molar-refractivity contribution in [3.8, 4) is 11.3 Å². The highest BCUT2D eigenvalue weighted by molar-refractivity contribution is 7.92.